The monoisotopic (exact) mass is 241 g/mol. The van der Waals surface area contributed by atoms with E-state index in [4.69, 9.17) is 4.74 Å². The highest BCUT2D eigenvalue weighted by Crippen LogP contribution is 2.16. The molecular weight excluding hydrogens is 222 g/mol. The van der Waals surface area contributed by atoms with Gasteiger partial charge in [-0.15, -0.1) is 0 Å². The first-order valence-corrected chi connectivity index (χ1v) is 6.20. The van der Waals surface area contributed by atoms with Crippen molar-refractivity contribution in [2.75, 3.05) is 7.05 Å². The number of rotatable bonds is 5. The lowest BCUT2D eigenvalue weighted by Crippen LogP contribution is -2.09. The molecule has 2 rings (SSSR count). The van der Waals surface area contributed by atoms with Crippen LogP contribution in [0.3, 0.4) is 0 Å². The van der Waals surface area contributed by atoms with E-state index < -0.39 is 0 Å². The normalized spacial score (nSPS) is 10.3. The summed E-state index contributed by atoms with van der Waals surface area (Å²) in [5, 5.41) is 3.18. The van der Waals surface area contributed by atoms with Crippen molar-refractivity contribution in [2.24, 2.45) is 0 Å². The molecule has 1 N–H and O–H groups in total. The molecule has 0 aliphatic heterocycles. The minimum Gasteiger partial charge on any atom is -0.489 e. The zero-order valence-electron chi connectivity index (χ0n) is 10.9. The van der Waals surface area contributed by atoms with Gasteiger partial charge in [0.2, 0.25) is 0 Å². The van der Waals surface area contributed by atoms with E-state index >= 15 is 0 Å². The Morgan fingerprint density at radius 2 is 1.78 bits per heavy atom. The molecule has 2 heteroatoms. The average Bonchev–Trinajstić information content (AvgIpc) is 2.38. The number of aryl methyl sites for hydroxylation is 1. The van der Waals surface area contributed by atoms with Gasteiger partial charge in [-0.25, -0.2) is 0 Å². The second kappa shape index (κ2) is 6.22. The van der Waals surface area contributed by atoms with Crippen LogP contribution >= 0.6 is 0 Å². The third kappa shape index (κ3) is 3.34. The summed E-state index contributed by atoms with van der Waals surface area (Å²) in [4.78, 5) is 0. The van der Waals surface area contributed by atoms with Crippen molar-refractivity contribution >= 4 is 0 Å². The topological polar surface area (TPSA) is 21.3 Å². The molecule has 0 aliphatic carbocycles. The minimum atomic E-state index is 0.612. The molecule has 0 amide bonds. The van der Waals surface area contributed by atoms with E-state index in [1.807, 2.05) is 25.2 Å². The summed E-state index contributed by atoms with van der Waals surface area (Å²) in [5.74, 6) is 0.925. The van der Waals surface area contributed by atoms with Crippen LogP contribution in [0.5, 0.6) is 5.75 Å². The Balaban J connectivity index is 2.06. The van der Waals surface area contributed by atoms with Gasteiger partial charge in [0.1, 0.15) is 12.4 Å². The lowest BCUT2D eigenvalue weighted by Gasteiger charge is -2.11. The zero-order valence-corrected chi connectivity index (χ0v) is 10.9. The van der Waals surface area contributed by atoms with Gasteiger partial charge in [0.05, 0.1) is 0 Å². The highest BCUT2D eigenvalue weighted by Gasteiger charge is 2.02. The fraction of sp³-hybridized carbons (Fsp3) is 0.250. The number of hydrogen-bond donors (Lipinski definition) is 1. The molecule has 18 heavy (non-hydrogen) atoms. The van der Waals surface area contributed by atoms with E-state index in [-0.39, 0.29) is 0 Å². The minimum absolute atomic E-state index is 0.612. The Bertz CT molecular complexity index is 508. The van der Waals surface area contributed by atoms with Crippen LogP contribution in [0, 0.1) is 6.92 Å². The van der Waals surface area contributed by atoms with E-state index in [1.165, 1.54) is 16.7 Å². The number of ether oxygens (including phenoxy) is 1. The van der Waals surface area contributed by atoms with Gasteiger partial charge in [-0.3, -0.25) is 0 Å². The summed E-state index contributed by atoms with van der Waals surface area (Å²) in [7, 11) is 1.96. The van der Waals surface area contributed by atoms with Gasteiger partial charge < -0.3 is 10.1 Å². The fourth-order valence-electron chi connectivity index (χ4n) is 1.93. The Kier molecular flexibility index (Phi) is 4.37. The van der Waals surface area contributed by atoms with Gasteiger partial charge in [-0.1, -0.05) is 36.4 Å². The van der Waals surface area contributed by atoms with Gasteiger partial charge in [0.25, 0.3) is 0 Å². The molecule has 94 valence electrons. The zero-order chi connectivity index (χ0) is 12.8. The van der Waals surface area contributed by atoms with Crippen LogP contribution in [0.4, 0.5) is 0 Å². The second-order valence-electron chi connectivity index (χ2n) is 4.40. The van der Waals surface area contributed by atoms with Crippen LogP contribution in [0.1, 0.15) is 16.7 Å². The average molecular weight is 241 g/mol. The molecule has 0 bridgehead atoms. The summed E-state index contributed by atoms with van der Waals surface area (Å²) in [6, 6.07) is 16.5. The van der Waals surface area contributed by atoms with Crippen molar-refractivity contribution in [3.63, 3.8) is 0 Å². The molecule has 0 unspecified atom stereocenters. The van der Waals surface area contributed by atoms with E-state index in [0.29, 0.717) is 6.61 Å². The number of nitrogens with one attached hydrogen (secondary N) is 1. The summed E-state index contributed by atoms with van der Waals surface area (Å²) < 4.78 is 5.83. The largest absolute Gasteiger partial charge is 0.489 e. The quantitative estimate of drug-likeness (QED) is 0.867. The van der Waals surface area contributed by atoms with Gasteiger partial charge in [0, 0.05) is 6.54 Å². The first-order chi connectivity index (χ1) is 8.79. The molecule has 0 fully saturated rings. The van der Waals surface area contributed by atoms with Crippen molar-refractivity contribution in [3.8, 4) is 5.75 Å². The van der Waals surface area contributed by atoms with E-state index in [0.717, 1.165) is 12.3 Å². The van der Waals surface area contributed by atoms with E-state index in [9.17, 15) is 0 Å². The summed E-state index contributed by atoms with van der Waals surface area (Å²) in [6.07, 6.45) is 0. The Labute approximate surface area is 109 Å². The molecule has 0 saturated carbocycles. The van der Waals surface area contributed by atoms with E-state index in [2.05, 4.69) is 42.6 Å². The summed E-state index contributed by atoms with van der Waals surface area (Å²) in [6.45, 7) is 3.55. The maximum atomic E-state index is 5.83. The third-order valence-corrected chi connectivity index (χ3v) is 2.87. The Hall–Kier alpha value is -1.80. The number of benzene rings is 2. The predicted molar refractivity (Wildman–Crippen MR) is 74.7 cm³/mol. The first kappa shape index (κ1) is 12.7. The molecule has 0 spiro atoms. The maximum absolute atomic E-state index is 5.83. The van der Waals surface area contributed by atoms with Crippen LogP contribution in [-0.4, -0.2) is 7.05 Å². The molecule has 2 nitrogen and oxygen atoms in total. The van der Waals surface area contributed by atoms with Crippen LogP contribution in [0.2, 0.25) is 0 Å². The van der Waals surface area contributed by atoms with Crippen molar-refractivity contribution in [2.45, 2.75) is 20.1 Å². The third-order valence-electron chi connectivity index (χ3n) is 2.87. The SMILES string of the molecule is CNCc1ccccc1COc1cccc(C)c1. The predicted octanol–water partition coefficient (Wildman–Crippen LogP) is 3.29. The lowest BCUT2D eigenvalue weighted by atomic mass is 10.1. The highest BCUT2D eigenvalue weighted by molar-refractivity contribution is 5.30. The maximum Gasteiger partial charge on any atom is 0.120 e. The van der Waals surface area contributed by atoms with Crippen molar-refractivity contribution in [3.05, 3.63) is 65.2 Å². The van der Waals surface area contributed by atoms with E-state index in [1.54, 1.807) is 0 Å². The number of hydrogen-bond acceptors (Lipinski definition) is 2. The van der Waals surface area contributed by atoms with Crippen molar-refractivity contribution in [1.82, 2.24) is 5.32 Å². The van der Waals surface area contributed by atoms with Crippen LogP contribution < -0.4 is 10.1 Å². The molecule has 0 atom stereocenters. The van der Waals surface area contributed by atoms with Gasteiger partial charge in [-0.2, -0.15) is 0 Å². The fourth-order valence-corrected chi connectivity index (χ4v) is 1.93. The van der Waals surface area contributed by atoms with Crippen LogP contribution in [-0.2, 0) is 13.2 Å². The van der Waals surface area contributed by atoms with Gasteiger partial charge in [0.15, 0.2) is 0 Å². The molecule has 0 heterocycles. The molecule has 0 aromatic heterocycles. The Morgan fingerprint density at radius 1 is 1.00 bits per heavy atom. The van der Waals surface area contributed by atoms with Crippen LogP contribution in [0.15, 0.2) is 48.5 Å². The first-order valence-electron chi connectivity index (χ1n) is 6.20. The highest BCUT2D eigenvalue weighted by atomic mass is 16.5. The van der Waals surface area contributed by atoms with Crippen molar-refractivity contribution in [1.29, 1.82) is 0 Å². The lowest BCUT2D eigenvalue weighted by molar-refractivity contribution is 0.304. The molecule has 2 aromatic rings. The van der Waals surface area contributed by atoms with Crippen molar-refractivity contribution < 1.29 is 4.74 Å². The molecule has 2 aromatic carbocycles. The molecule has 0 saturated heterocycles. The van der Waals surface area contributed by atoms with Crippen LogP contribution in [0.25, 0.3) is 0 Å². The second-order valence-corrected chi connectivity index (χ2v) is 4.40. The molecule has 0 radical (unpaired) electrons. The Morgan fingerprint density at radius 3 is 2.50 bits per heavy atom. The van der Waals surface area contributed by atoms with Gasteiger partial charge >= 0.3 is 0 Å². The smallest absolute Gasteiger partial charge is 0.120 e. The molecule has 0 aliphatic rings. The summed E-state index contributed by atoms with van der Waals surface area (Å²) in [5.41, 5.74) is 3.73. The molecular formula is C16H19NO. The standard InChI is InChI=1S/C16H19NO/c1-13-6-5-9-16(10-13)18-12-15-8-4-3-7-14(15)11-17-2/h3-10,17H,11-12H2,1-2H3. The van der Waals surface area contributed by atoms with Gasteiger partial charge in [-0.05, 0) is 42.8 Å². The summed E-state index contributed by atoms with van der Waals surface area (Å²) >= 11 is 0.